The van der Waals surface area contributed by atoms with Crippen LogP contribution in [0.3, 0.4) is 0 Å². The molecule has 2 aromatic rings. The Hall–Kier alpha value is -2.23. The fraction of sp³-hybridized carbons (Fsp3) is 0.250. The van der Waals surface area contributed by atoms with Crippen LogP contribution in [0.4, 0.5) is 10.1 Å². The van der Waals surface area contributed by atoms with Gasteiger partial charge in [0, 0.05) is 6.07 Å². The Kier molecular flexibility index (Phi) is 4.13. The van der Waals surface area contributed by atoms with Crippen molar-refractivity contribution >= 4 is 5.69 Å². The molecule has 0 amide bonds. The molecule has 0 saturated carbocycles. The zero-order valence-corrected chi connectivity index (χ0v) is 11.8. The molecule has 0 atom stereocenters. The van der Waals surface area contributed by atoms with Gasteiger partial charge in [-0.3, -0.25) is 0 Å². The third kappa shape index (κ3) is 3.41. The number of ether oxygens (including phenoxy) is 2. The van der Waals surface area contributed by atoms with E-state index >= 15 is 0 Å². The third-order valence-corrected chi connectivity index (χ3v) is 2.71. The summed E-state index contributed by atoms with van der Waals surface area (Å²) in [5, 5.41) is 0. The molecule has 0 fully saturated rings. The minimum atomic E-state index is -0.251. The Balaban J connectivity index is 2.22. The Morgan fingerprint density at radius 1 is 1.05 bits per heavy atom. The first-order valence-electron chi connectivity index (χ1n) is 6.46. The molecular weight excluding hydrogens is 257 g/mol. The summed E-state index contributed by atoms with van der Waals surface area (Å²) in [5.41, 5.74) is 6.94. The third-order valence-electron chi connectivity index (χ3n) is 2.71. The van der Waals surface area contributed by atoms with Gasteiger partial charge in [-0.1, -0.05) is 0 Å². The highest BCUT2D eigenvalue weighted by Gasteiger charge is 2.07. The molecule has 4 heteroatoms. The summed E-state index contributed by atoms with van der Waals surface area (Å²) in [6.45, 7) is 5.55. The van der Waals surface area contributed by atoms with Crippen molar-refractivity contribution in [2.75, 3.05) is 5.73 Å². The Bertz CT molecular complexity index is 611. The average Bonchev–Trinajstić information content (AvgIpc) is 2.37. The first kappa shape index (κ1) is 14.2. The van der Waals surface area contributed by atoms with Gasteiger partial charge in [-0.15, -0.1) is 0 Å². The fourth-order valence-corrected chi connectivity index (χ4v) is 1.75. The number of hydrogen-bond donors (Lipinski definition) is 1. The molecule has 0 aromatic heterocycles. The first-order chi connectivity index (χ1) is 9.45. The Labute approximate surface area is 118 Å². The molecule has 0 heterocycles. The molecule has 20 heavy (non-hydrogen) atoms. The summed E-state index contributed by atoms with van der Waals surface area (Å²) < 4.78 is 24.5. The van der Waals surface area contributed by atoms with Crippen LogP contribution in [0, 0.1) is 12.7 Å². The number of nitrogen functional groups attached to an aromatic ring is 1. The lowest BCUT2D eigenvalue weighted by Gasteiger charge is -2.14. The van der Waals surface area contributed by atoms with Crippen molar-refractivity contribution in [3.05, 3.63) is 47.8 Å². The first-order valence-corrected chi connectivity index (χ1v) is 6.46. The second-order valence-corrected chi connectivity index (χ2v) is 4.88. The van der Waals surface area contributed by atoms with E-state index in [-0.39, 0.29) is 11.9 Å². The summed E-state index contributed by atoms with van der Waals surface area (Å²) in [6.07, 6.45) is 0.0283. The van der Waals surface area contributed by atoms with Crippen molar-refractivity contribution in [2.24, 2.45) is 0 Å². The van der Waals surface area contributed by atoms with Crippen LogP contribution < -0.4 is 15.2 Å². The lowest BCUT2D eigenvalue weighted by molar-refractivity contribution is 0.243. The smallest absolute Gasteiger partial charge is 0.146 e. The molecule has 0 spiro atoms. The molecule has 0 aliphatic carbocycles. The quantitative estimate of drug-likeness (QED) is 0.846. The molecule has 3 nitrogen and oxygen atoms in total. The molecule has 2 rings (SSSR count). The molecule has 0 aliphatic heterocycles. The maximum atomic E-state index is 13.2. The molecule has 2 aromatic carbocycles. The van der Waals surface area contributed by atoms with Crippen LogP contribution in [0.2, 0.25) is 0 Å². The number of aryl methyl sites for hydroxylation is 1. The predicted molar refractivity (Wildman–Crippen MR) is 77.8 cm³/mol. The largest absolute Gasteiger partial charge is 0.489 e. The van der Waals surface area contributed by atoms with Gasteiger partial charge in [0.1, 0.15) is 23.1 Å². The molecule has 0 saturated heterocycles. The summed E-state index contributed by atoms with van der Waals surface area (Å²) in [7, 11) is 0. The molecule has 0 bridgehead atoms. The van der Waals surface area contributed by atoms with E-state index in [1.807, 2.05) is 13.8 Å². The highest BCUT2D eigenvalue weighted by molar-refractivity contribution is 5.56. The van der Waals surface area contributed by atoms with Gasteiger partial charge in [0.15, 0.2) is 0 Å². The normalized spacial score (nSPS) is 10.7. The maximum Gasteiger partial charge on any atom is 0.146 e. The average molecular weight is 275 g/mol. The lowest BCUT2D eigenvalue weighted by Crippen LogP contribution is -2.07. The number of anilines is 1. The standard InChI is InChI=1S/C16H18FNO2/c1-10(2)19-16-9-13(5-7-15(16)18)20-12-4-6-14(17)11(3)8-12/h4-10H,18H2,1-3H3. The van der Waals surface area contributed by atoms with E-state index in [4.69, 9.17) is 15.2 Å². The highest BCUT2D eigenvalue weighted by atomic mass is 19.1. The van der Waals surface area contributed by atoms with Crippen molar-refractivity contribution < 1.29 is 13.9 Å². The van der Waals surface area contributed by atoms with Crippen molar-refractivity contribution in [1.29, 1.82) is 0 Å². The van der Waals surface area contributed by atoms with Crippen molar-refractivity contribution in [2.45, 2.75) is 26.9 Å². The zero-order valence-electron chi connectivity index (χ0n) is 11.8. The predicted octanol–water partition coefficient (Wildman–Crippen LogP) is 4.30. The SMILES string of the molecule is Cc1cc(Oc2ccc(N)c(OC(C)C)c2)ccc1F. The zero-order chi connectivity index (χ0) is 14.7. The molecule has 106 valence electrons. The van der Waals surface area contributed by atoms with Gasteiger partial charge < -0.3 is 15.2 Å². The molecule has 0 aliphatic rings. The lowest BCUT2D eigenvalue weighted by atomic mass is 10.2. The number of hydrogen-bond acceptors (Lipinski definition) is 3. The fourth-order valence-electron chi connectivity index (χ4n) is 1.75. The van der Waals surface area contributed by atoms with E-state index in [0.717, 1.165) is 0 Å². The van der Waals surface area contributed by atoms with Gasteiger partial charge in [-0.25, -0.2) is 4.39 Å². The van der Waals surface area contributed by atoms with Gasteiger partial charge in [0.2, 0.25) is 0 Å². The maximum absolute atomic E-state index is 13.2. The van der Waals surface area contributed by atoms with Crippen LogP contribution in [0.5, 0.6) is 17.2 Å². The molecule has 2 N–H and O–H groups in total. The molecular formula is C16H18FNO2. The minimum Gasteiger partial charge on any atom is -0.489 e. The van der Waals surface area contributed by atoms with Gasteiger partial charge in [-0.2, -0.15) is 0 Å². The summed E-state index contributed by atoms with van der Waals surface area (Å²) >= 11 is 0. The van der Waals surface area contributed by atoms with E-state index in [1.165, 1.54) is 6.07 Å². The van der Waals surface area contributed by atoms with Crippen molar-refractivity contribution in [3.63, 3.8) is 0 Å². The molecule has 0 radical (unpaired) electrons. The minimum absolute atomic E-state index is 0.0283. The molecule has 0 unspecified atom stereocenters. The number of nitrogens with two attached hydrogens (primary N) is 1. The van der Waals surface area contributed by atoms with Gasteiger partial charge in [-0.05, 0) is 56.7 Å². The summed E-state index contributed by atoms with van der Waals surface area (Å²) in [5.74, 6) is 1.50. The van der Waals surface area contributed by atoms with E-state index in [9.17, 15) is 4.39 Å². The number of benzene rings is 2. The van der Waals surface area contributed by atoms with E-state index in [0.29, 0.717) is 28.5 Å². The van der Waals surface area contributed by atoms with Crippen LogP contribution in [-0.4, -0.2) is 6.10 Å². The van der Waals surface area contributed by atoms with Crippen molar-refractivity contribution in [1.82, 2.24) is 0 Å². The van der Waals surface area contributed by atoms with E-state index in [1.54, 1.807) is 37.3 Å². The Morgan fingerprint density at radius 3 is 2.35 bits per heavy atom. The van der Waals surface area contributed by atoms with Crippen molar-refractivity contribution in [3.8, 4) is 17.2 Å². The summed E-state index contributed by atoms with van der Waals surface area (Å²) in [6, 6.07) is 9.82. The van der Waals surface area contributed by atoms with Crippen LogP contribution in [-0.2, 0) is 0 Å². The van der Waals surface area contributed by atoms with Crippen LogP contribution >= 0.6 is 0 Å². The van der Waals surface area contributed by atoms with E-state index < -0.39 is 0 Å². The summed E-state index contributed by atoms with van der Waals surface area (Å²) in [4.78, 5) is 0. The van der Waals surface area contributed by atoms with Crippen LogP contribution in [0.15, 0.2) is 36.4 Å². The monoisotopic (exact) mass is 275 g/mol. The second kappa shape index (κ2) is 5.82. The van der Waals surface area contributed by atoms with Gasteiger partial charge in [0.05, 0.1) is 11.8 Å². The van der Waals surface area contributed by atoms with Gasteiger partial charge >= 0.3 is 0 Å². The number of rotatable bonds is 4. The number of halogens is 1. The van der Waals surface area contributed by atoms with Crippen LogP contribution in [0.25, 0.3) is 0 Å². The second-order valence-electron chi connectivity index (χ2n) is 4.88. The van der Waals surface area contributed by atoms with E-state index in [2.05, 4.69) is 0 Å². The van der Waals surface area contributed by atoms with Gasteiger partial charge in [0.25, 0.3) is 0 Å². The highest BCUT2D eigenvalue weighted by Crippen LogP contribution is 2.31. The topological polar surface area (TPSA) is 44.5 Å². The van der Waals surface area contributed by atoms with Crippen LogP contribution in [0.1, 0.15) is 19.4 Å². The Morgan fingerprint density at radius 2 is 1.70 bits per heavy atom.